The van der Waals surface area contributed by atoms with E-state index in [2.05, 4.69) is 42.6 Å². The number of hydrogen-bond acceptors (Lipinski definition) is 2. The first-order chi connectivity index (χ1) is 7.76. The summed E-state index contributed by atoms with van der Waals surface area (Å²) < 4.78 is 5.60. The van der Waals surface area contributed by atoms with Crippen LogP contribution in [0.25, 0.3) is 0 Å². The zero-order valence-corrected chi connectivity index (χ0v) is 10.2. The molecule has 2 rings (SSSR count). The van der Waals surface area contributed by atoms with Gasteiger partial charge in [0, 0.05) is 19.7 Å². The second-order valence-electron chi connectivity index (χ2n) is 4.75. The lowest BCUT2D eigenvalue weighted by molar-refractivity contribution is -0.0706. The van der Waals surface area contributed by atoms with Gasteiger partial charge in [-0.25, -0.2) is 0 Å². The molecule has 1 unspecified atom stereocenters. The van der Waals surface area contributed by atoms with Crippen LogP contribution in [-0.2, 0) is 4.74 Å². The molecule has 0 radical (unpaired) electrons. The van der Waals surface area contributed by atoms with Crippen LogP contribution in [0, 0.1) is 0 Å². The van der Waals surface area contributed by atoms with E-state index in [4.69, 9.17) is 4.74 Å². The third kappa shape index (κ3) is 2.45. The molecule has 1 N–H and O–H groups in total. The maximum Gasteiger partial charge on any atom is 0.0802 e. The summed E-state index contributed by atoms with van der Waals surface area (Å²) in [5, 5.41) is 3.57. The number of rotatable bonds is 5. The minimum absolute atomic E-state index is 0.114. The average Bonchev–Trinajstić information content (AvgIpc) is 2.29. The summed E-state index contributed by atoms with van der Waals surface area (Å²) in [4.78, 5) is 0. The topological polar surface area (TPSA) is 21.3 Å². The van der Waals surface area contributed by atoms with Crippen LogP contribution in [0.15, 0.2) is 30.3 Å². The molecular formula is C14H21NO. The Balaban J connectivity index is 1.86. The van der Waals surface area contributed by atoms with Gasteiger partial charge in [0.1, 0.15) is 0 Å². The van der Waals surface area contributed by atoms with Gasteiger partial charge in [-0.3, -0.25) is 0 Å². The number of ether oxygens (including phenoxy) is 1. The molecule has 1 aromatic carbocycles. The van der Waals surface area contributed by atoms with Crippen molar-refractivity contribution < 1.29 is 4.74 Å². The highest BCUT2D eigenvalue weighted by molar-refractivity contribution is 5.18. The summed E-state index contributed by atoms with van der Waals surface area (Å²) in [6.07, 6.45) is 3.69. The Morgan fingerprint density at radius 2 is 2.00 bits per heavy atom. The van der Waals surface area contributed by atoms with Crippen LogP contribution < -0.4 is 5.32 Å². The van der Waals surface area contributed by atoms with Gasteiger partial charge in [0.25, 0.3) is 0 Å². The van der Waals surface area contributed by atoms with E-state index in [9.17, 15) is 0 Å². The molecule has 1 aliphatic carbocycles. The molecule has 1 fully saturated rings. The van der Waals surface area contributed by atoms with Crippen molar-refractivity contribution in [1.29, 1.82) is 0 Å². The Hall–Kier alpha value is -0.860. The molecule has 2 nitrogen and oxygen atoms in total. The molecule has 16 heavy (non-hydrogen) atoms. The predicted molar refractivity (Wildman–Crippen MR) is 66.5 cm³/mol. The van der Waals surface area contributed by atoms with Crippen LogP contribution in [0.3, 0.4) is 0 Å². The highest BCUT2D eigenvalue weighted by atomic mass is 16.5. The fourth-order valence-corrected chi connectivity index (χ4v) is 2.22. The minimum Gasteiger partial charge on any atom is -0.377 e. The lowest BCUT2D eigenvalue weighted by atomic mass is 9.80. The zero-order chi connectivity index (χ0) is 11.4. The molecule has 0 spiro atoms. The van der Waals surface area contributed by atoms with E-state index in [0.29, 0.717) is 6.04 Å². The predicted octanol–water partition coefficient (Wildman–Crippen LogP) is 2.91. The molecule has 0 saturated heterocycles. The maximum atomic E-state index is 5.60. The van der Waals surface area contributed by atoms with Crippen LogP contribution in [-0.4, -0.2) is 19.3 Å². The van der Waals surface area contributed by atoms with Crippen LogP contribution >= 0.6 is 0 Å². The molecule has 0 bridgehead atoms. The Labute approximate surface area is 98.0 Å². The summed E-state index contributed by atoms with van der Waals surface area (Å²) >= 11 is 0. The number of nitrogens with one attached hydrogen (secondary N) is 1. The van der Waals surface area contributed by atoms with E-state index >= 15 is 0 Å². The summed E-state index contributed by atoms with van der Waals surface area (Å²) in [6.45, 7) is 3.16. The van der Waals surface area contributed by atoms with Gasteiger partial charge in [-0.1, -0.05) is 30.3 Å². The lowest BCUT2D eigenvalue weighted by Gasteiger charge is -2.41. The van der Waals surface area contributed by atoms with Crippen molar-refractivity contribution in [2.45, 2.75) is 37.8 Å². The third-order valence-corrected chi connectivity index (χ3v) is 3.73. The SMILES string of the molecule is COC1(CNC(C)c2ccccc2)CCC1. The van der Waals surface area contributed by atoms with Gasteiger partial charge in [-0.05, 0) is 31.7 Å². The highest BCUT2D eigenvalue weighted by Gasteiger charge is 2.36. The van der Waals surface area contributed by atoms with E-state index in [1.807, 2.05) is 7.11 Å². The number of benzene rings is 1. The van der Waals surface area contributed by atoms with Gasteiger partial charge < -0.3 is 10.1 Å². The molecule has 0 aliphatic heterocycles. The molecule has 2 heteroatoms. The van der Waals surface area contributed by atoms with Gasteiger partial charge in [-0.15, -0.1) is 0 Å². The van der Waals surface area contributed by atoms with Crippen LogP contribution in [0.5, 0.6) is 0 Å². The monoisotopic (exact) mass is 219 g/mol. The van der Waals surface area contributed by atoms with Crippen molar-refractivity contribution in [2.75, 3.05) is 13.7 Å². The first-order valence-corrected chi connectivity index (χ1v) is 6.09. The molecule has 1 aliphatic rings. The van der Waals surface area contributed by atoms with Gasteiger partial charge in [0.15, 0.2) is 0 Å². The molecule has 0 heterocycles. The van der Waals surface area contributed by atoms with Crippen LogP contribution in [0.1, 0.15) is 37.8 Å². The third-order valence-electron chi connectivity index (χ3n) is 3.73. The summed E-state index contributed by atoms with van der Waals surface area (Å²) in [5.41, 5.74) is 1.45. The standard InChI is InChI=1S/C14H21NO/c1-12(13-7-4-3-5-8-13)15-11-14(16-2)9-6-10-14/h3-5,7-8,12,15H,6,9-11H2,1-2H3. The Morgan fingerprint density at radius 1 is 1.31 bits per heavy atom. The van der Waals surface area contributed by atoms with Crippen molar-refractivity contribution in [3.63, 3.8) is 0 Å². The molecular weight excluding hydrogens is 198 g/mol. The zero-order valence-electron chi connectivity index (χ0n) is 10.2. The van der Waals surface area contributed by atoms with Crippen molar-refractivity contribution in [1.82, 2.24) is 5.32 Å². The van der Waals surface area contributed by atoms with Gasteiger partial charge in [0.2, 0.25) is 0 Å². The fraction of sp³-hybridized carbons (Fsp3) is 0.571. The minimum atomic E-state index is 0.114. The fourth-order valence-electron chi connectivity index (χ4n) is 2.22. The molecule has 1 atom stereocenters. The summed E-state index contributed by atoms with van der Waals surface area (Å²) in [6, 6.07) is 11.0. The normalized spacial score (nSPS) is 20.1. The second-order valence-corrected chi connectivity index (χ2v) is 4.75. The van der Waals surface area contributed by atoms with Crippen LogP contribution in [0.2, 0.25) is 0 Å². The Kier molecular flexibility index (Phi) is 3.62. The number of hydrogen-bond donors (Lipinski definition) is 1. The van der Waals surface area contributed by atoms with Crippen molar-refractivity contribution in [3.05, 3.63) is 35.9 Å². The number of methoxy groups -OCH3 is 1. The lowest BCUT2D eigenvalue weighted by Crippen LogP contribution is -2.48. The van der Waals surface area contributed by atoms with E-state index in [0.717, 1.165) is 6.54 Å². The quantitative estimate of drug-likeness (QED) is 0.822. The van der Waals surface area contributed by atoms with Gasteiger partial charge in [-0.2, -0.15) is 0 Å². The molecule has 0 aromatic heterocycles. The molecule has 88 valence electrons. The van der Waals surface area contributed by atoms with Crippen molar-refractivity contribution in [2.24, 2.45) is 0 Å². The van der Waals surface area contributed by atoms with E-state index in [1.54, 1.807) is 0 Å². The molecule has 1 saturated carbocycles. The van der Waals surface area contributed by atoms with Gasteiger partial charge >= 0.3 is 0 Å². The summed E-state index contributed by atoms with van der Waals surface area (Å²) in [5.74, 6) is 0. The van der Waals surface area contributed by atoms with E-state index < -0.39 is 0 Å². The molecule has 1 aromatic rings. The van der Waals surface area contributed by atoms with Crippen LogP contribution in [0.4, 0.5) is 0 Å². The first kappa shape index (κ1) is 11.6. The molecule has 0 amide bonds. The maximum absolute atomic E-state index is 5.60. The highest BCUT2D eigenvalue weighted by Crippen LogP contribution is 2.34. The van der Waals surface area contributed by atoms with E-state index in [1.165, 1.54) is 24.8 Å². The van der Waals surface area contributed by atoms with E-state index in [-0.39, 0.29) is 5.60 Å². The summed E-state index contributed by atoms with van der Waals surface area (Å²) in [7, 11) is 1.83. The first-order valence-electron chi connectivity index (χ1n) is 6.09. The Morgan fingerprint density at radius 3 is 2.50 bits per heavy atom. The largest absolute Gasteiger partial charge is 0.377 e. The van der Waals surface area contributed by atoms with Crippen molar-refractivity contribution >= 4 is 0 Å². The second kappa shape index (κ2) is 4.98. The van der Waals surface area contributed by atoms with Gasteiger partial charge in [0.05, 0.1) is 5.60 Å². The average molecular weight is 219 g/mol. The smallest absolute Gasteiger partial charge is 0.0802 e. The Bertz CT molecular complexity index is 313. The van der Waals surface area contributed by atoms with Crippen molar-refractivity contribution in [3.8, 4) is 0 Å².